The molecule has 0 radical (unpaired) electrons. The maximum atomic E-state index is 14.5. The van der Waals surface area contributed by atoms with E-state index in [0.717, 1.165) is 34.9 Å². The van der Waals surface area contributed by atoms with Gasteiger partial charge in [-0.15, -0.1) is 0 Å². The molecule has 3 N–H and O–H groups in total. The summed E-state index contributed by atoms with van der Waals surface area (Å²) in [5.74, 6) is 1.34. The van der Waals surface area contributed by atoms with Crippen LogP contribution in [-0.2, 0) is 16.0 Å². The van der Waals surface area contributed by atoms with Gasteiger partial charge in [-0.05, 0) is 66.4 Å². The van der Waals surface area contributed by atoms with Crippen molar-refractivity contribution < 1.29 is 29.2 Å². The molecular weight excluding hydrogens is 612 g/mol. The third-order valence-electron chi connectivity index (χ3n) is 8.21. The lowest BCUT2D eigenvalue weighted by Gasteiger charge is -2.35. The van der Waals surface area contributed by atoms with Crippen molar-refractivity contribution >= 4 is 27.7 Å². The molecule has 1 heterocycles. The number of hydrogen-bond acceptors (Lipinski definition) is 7. The summed E-state index contributed by atoms with van der Waals surface area (Å²) >= 11 is 3.67. The van der Waals surface area contributed by atoms with Crippen LogP contribution in [0.25, 0.3) is 0 Å². The zero-order valence-electron chi connectivity index (χ0n) is 24.4. The summed E-state index contributed by atoms with van der Waals surface area (Å²) in [4.78, 5) is 19.6. The van der Waals surface area contributed by atoms with Gasteiger partial charge < -0.3 is 29.7 Å². The van der Waals surface area contributed by atoms with E-state index in [1.807, 2.05) is 72.8 Å². The Morgan fingerprint density at radius 1 is 1.05 bits per heavy atom. The van der Waals surface area contributed by atoms with Gasteiger partial charge in [-0.25, -0.2) is 4.99 Å². The number of nitrogens with one attached hydrogen (secondary N) is 1. The molecule has 2 aliphatic rings. The average Bonchev–Trinajstić information content (AvgIpc) is 3.42. The molecule has 1 amide bonds. The van der Waals surface area contributed by atoms with Gasteiger partial charge in [0.15, 0.2) is 11.6 Å². The number of aliphatic hydroxyl groups excluding tert-OH is 1. The minimum atomic E-state index is -1.38. The minimum Gasteiger partial charge on any atom is -0.497 e. The molecule has 3 aromatic rings. The number of methoxy groups -OCH3 is 1. The van der Waals surface area contributed by atoms with Crippen molar-refractivity contribution in [2.75, 3.05) is 26.9 Å². The van der Waals surface area contributed by atoms with Crippen LogP contribution in [0.5, 0.6) is 11.5 Å². The lowest BCUT2D eigenvalue weighted by Crippen LogP contribution is -2.54. The summed E-state index contributed by atoms with van der Waals surface area (Å²) in [6.45, 7) is 0.624. The van der Waals surface area contributed by atoms with E-state index in [9.17, 15) is 9.90 Å². The monoisotopic (exact) mass is 650 g/mol. The highest BCUT2D eigenvalue weighted by Crippen LogP contribution is 2.44. The zero-order chi connectivity index (χ0) is 30.3. The average molecular weight is 652 g/mol. The van der Waals surface area contributed by atoms with Crippen LogP contribution >= 0.6 is 15.9 Å². The fraction of sp³-hybridized carbons (Fsp3) is 0.412. The molecular formula is C34H39BrN2O6. The standard InChI is InChI=1S/C34H39BrN2O6/c1-41-28-11-7-10-25(21-28)30-34(22-26-9-3-4-12-29(26)35,32(39)36-23-33(40)17-5-2-6-18-33)37-31(43-30)24-13-15-27(16-14-24)42-20-8-19-38/h3-4,7,9-16,21,30,38,40H,2,5-6,8,17-20,22-23H2,1H3,(H,36,39)/t30-,34-/m1/s1. The third-order valence-corrected chi connectivity index (χ3v) is 8.98. The molecule has 1 saturated carbocycles. The van der Waals surface area contributed by atoms with Crippen molar-refractivity contribution in [2.45, 2.75) is 62.2 Å². The molecule has 0 aromatic heterocycles. The summed E-state index contributed by atoms with van der Waals surface area (Å²) in [6, 6.07) is 22.7. The highest BCUT2D eigenvalue weighted by atomic mass is 79.9. The molecule has 0 spiro atoms. The normalized spacial score (nSPS) is 21.0. The van der Waals surface area contributed by atoms with E-state index in [4.69, 9.17) is 24.3 Å². The number of rotatable bonds is 12. The molecule has 0 bridgehead atoms. The Bertz CT molecular complexity index is 1420. The number of ether oxygens (including phenoxy) is 3. The fourth-order valence-electron chi connectivity index (χ4n) is 5.80. The van der Waals surface area contributed by atoms with Gasteiger partial charge in [0, 0.05) is 36.0 Å². The highest BCUT2D eigenvalue weighted by Gasteiger charge is 2.54. The molecule has 8 nitrogen and oxygen atoms in total. The Hall–Kier alpha value is -3.40. The Balaban J connectivity index is 1.56. The second-order valence-electron chi connectivity index (χ2n) is 11.3. The maximum Gasteiger partial charge on any atom is 0.252 e. The van der Waals surface area contributed by atoms with Crippen molar-refractivity contribution in [1.29, 1.82) is 0 Å². The lowest BCUT2D eigenvalue weighted by molar-refractivity contribution is -0.130. The van der Waals surface area contributed by atoms with E-state index < -0.39 is 17.2 Å². The van der Waals surface area contributed by atoms with E-state index >= 15 is 0 Å². The summed E-state index contributed by atoms with van der Waals surface area (Å²) < 4.78 is 18.7. The first-order valence-corrected chi connectivity index (χ1v) is 15.6. The molecule has 0 saturated heterocycles. The summed E-state index contributed by atoms with van der Waals surface area (Å²) in [5.41, 5.74) is 0.0393. The second-order valence-corrected chi connectivity index (χ2v) is 12.2. The van der Waals surface area contributed by atoms with Crippen LogP contribution in [0.15, 0.2) is 82.3 Å². The van der Waals surface area contributed by atoms with Crippen LogP contribution in [0.3, 0.4) is 0 Å². The number of benzene rings is 3. The van der Waals surface area contributed by atoms with Gasteiger partial charge in [0.05, 0.1) is 19.3 Å². The van der Waals surface area contributed by atoms with Crippen LogP contribution in [0.4, 0.5) is 0 Å². The van der Waals surface area contributed by atoms with Crippen molar-refractivity contribution in [3.63, 3.8) is 0 Å². The topological polar surface area (TPSA) is 110 Å². The lowest BCUT2D eigenvalue weighted by atomic mass is 9.81. The van der Waals surface area contributed by atoms with Gasteiger partial charge in [-0.1, -0.05) is 65.5 Å². The van der Waals surface area contributed by atoms with Crippen LogP contribution in [0.1, 0.15) is 61.3 Å². The maximum absolute atomic E-state index is 14.5. The molecule has 2 atom stereocenters. The minimum absolute atomic E-state index is 0.0630. The molecule has 228 valence electrons. The predicted molar refractivity (Wildman–Crippen MR) is 169 cm³/mol. The van der Waals surface area contributed by atoms with Crippen LogP contribution in [0, 0.1) is 0 Å². The predicted octanol–water partition coefficient (Wildman–Crippen LogP) is 5.53. The van der Waals surface area contributed by atoms with Crippen molar-refractivity contribution in [2.24, 2.45) is 4.99 Å². The molecule has 9 heteroatoms. The smallest absolute Gasteiger partial charge is 0.252 e. The summed E-state index contributed by atoms with van der Waals surface area (Å²) in [5, 5.41) is 23.4. The van der Waals surface area contributed by atoms with Crippen LogP contribution in [0.2, 0.25) is 0 Å². The fourth-order valence-corrected chi connectivity index (χ4v) is 6.23. The number of amides is 1. The molecule has 43 heavy (non-hydrogen) atoms. The number of nitrogens with zero attached hydrogens (tertiary/aromatic N) is 1. The Morgan fingerprint density at radius 2 is 1.81 bits per heavy atom. The first kappa shape index (κ1) is 31.0. The van der Waals surface area contributed by atoms with Gasteiger partial charge in [-0.2, -0.15) is 0 Å². The number of halogens is 1. The second kappa shape index (κ2) is 13.9. The molecule has 1 aliphatic heterocycles. The van der Waals surface area contributed by atoms with Gasteiger partial charge in [0.2, 0.25) is 5.90 Å². The first-order chi connectivity index (χ1) is 20.9. The number of aliphatic imine (C=N–C) groups is 1. The largest absolute Gasteiger partial charge is 0.497 e. The third kappa shape index (κ3) is 7.22. The highest BCUT2D eigenvalue weighted by molar-refractivity contribution is 9.10. The van der Waals surface area contributed by atoms with Gasteiger partial charge in [0.1, 0.15) is 11.5 Å². The number of carbonyl (C=O) groups excluding carboxylic acids is 1. The van der Waals surface area contributed by atoms with Crippen LogP contribution in [-0.4, -0.2) is 60.0 Å². The first-order valence-electron chi connectivity index (χ1n) is 14.8. The molecule has 0 unspecified atom stereocenters. The number of carbonyl (C=O) groups is 1. The van der Waals surface area contributed by atoms with Crippen molar-refractivity contribution in [3.05, 3.63) is 94.0 Å². The SMILES string of the molecule is COc1cccc([C@H]2OC(c3ccc(OCCCO)cc3)=N[C@@]2(Cc2ccccc2Br)C(=O)NCC2(O)CCCCC2)c1. The zero-order valence-corrected chi connectivity index (χ0v) is 26.0. The Kier molecular flexibility index (Phi) is 10.1. The molecule has 1 aliphatic carbocycles. The quantitative estimate of drug-likeness (QED) is 0.222. The van der Waals surface area contributed by atoms with Gasteiger partial charge in [0.25, 0.3) is 5.91 Å². The van der Waals surface area contributed by atoms with E-state index in [1.165, 1.54) is 0 Å². The van der Waals surface area contributed by atoms with E-state index in [2.05, 4.69) is 21.2 Å². The molecule has 3 aromatic carbocycles. The Labute approximate surface area is 261 Å². The summed E-state index contributed by atoms with van der Waals surface area (Å²) in [6.07, 6.45) is 4.30. The van der Waals surface area contributed by atoms with Crippen molar-refractivity contribution in [3.8, 4) is 11.5 Å². The van der Waals surface area contributed by atoms with Crippen molar-refractivity contribution in [1.82, 2.24) is 5.32 Å². The Morgan fingerprint density at radius 3 is 2.53 bits per heavy atom. The number of hydrogen-bond donors (Lipinski definition) is 3. The van der Waals surface area contributed by atoms with E-state index in [-0.39, 0.29) is 25.5 Å². The number of aliphatic hydroxyl groups is 2. The van der Waals surface area contributed by atoms with Crippen LogP contribution < -0.4 is 14.8 Å². The summed E-state index contributed by atoms with van der Waals surface area (Å²) in [7, 11) is 1.60. The molecule has 1 fully saturated rings. The van der Waals surface area contributed by atoms with Gasteiger partial charge in [-0.3, -0.25) is 4.79 Å². The van der Waals surface area contributed by atoms with E-state index in [1.54, 1.807) is 7.11 Å². The van der Waals surface area contributed by atoms with Gasteiger partial charge >= 0.3 is 0 Å². The molecule has 5 rings (SSSR count). The van der Waals surface area contributed by atoms with E-state index in [0.29, 0.717) is 48.8 Å².